The van der Waals surface area contributed by atoms with Gasteiger partial charge in [0.25, 0.3) is 10.1 Å². The average molecular weight is 283 g/mol. The van der Waals surface area contributed by atoms with Crippen molar-refractivity contribution < 1.29 is 12.6 Å². The molecule has 1 aromatic rings. The Kier molecular flexibility index (Phi) is 4.96. The molecule has 106 valence electrons. The summed E-state index contributed by atoms with van der Waals surface area (Å²) in [6.07, 6.45) is 3.04. The van der Waals surface area contributed by atoms with Crippen LogP contribution >= 0.6 is 0 Å². The van der Waals surface area contributed by atoms with E-state index in [1.165, 1.54) is 5.56 Å². The highest BCUT2D eigenvalue weighted by Crippen LogP contribution is 2.21. The van der Waals surface area contributed by atoms with Crippen molar-refractivity contribution in [2.24, 2.45) is 5.92 Å². The van der Waals surface area contributed by atoms with E-state index in [2.05, 4.69) is 29.2 Å². The first kappa shape index (κ1) is 14.5. The van der Waals surface area contributed by atoms with Gasteiger partial charge in [0.2, 0.25) is 0 Å². The van der Waals surface area contributed by atoms with Crippen molar-refractivity contribution >= 4 is 10.1 Å². The lowest BCUT2D eigenvalue weighted by molar-refractivity contribution is 0.270. The van der Waals surface area contributed by atoms with Crippen molar-refractivity contribution in [3.63, 3.8) is 0 Å². The van der Waals surface area contributed by atoms with Crippen molar-refractivity contribution in [2.75, 3.05) is 26.0 Å². The summed E-state index contributed by atoms with van der Waals surface area (Å²) in [5.74, 6) is 0.547. The van der Waals surface area contributed by atoms with Crippen LogP contribution in [0, 0.1) is 5.92 Å². The monoisotopic (exact) mass is 283 g/mol. The van der Waals surface area contributed by atoms with E-state index in [-0.39, 0.29) is 0 Å². The highest BCUT2D eigenvalue weighted by atomic mass is 32.2. The van der Waals surface area contributed by atoms with E-state index >= 15 is 0 Å². The van der Waals surface area contributed by atoms with E-state index < -0.39 is 10.1 Å². The van der Waals surface area contributed by atoms with E-state index in [0.717, 1.165) is 38.7 Å². The Morgan fingerprint density at radius 2 is 2.05 bits per heavy atom. The fourth-order valence-corrected chi connectivity index (χ4v) is 2.90. The van der Waals surface area contributed by atoms with Gasteiger partial charge in [0.05, 0.1) is 12.9 Å². The molecule has 0 N–H and O–H groups in total. The molecule has 1 aromatic carbocycles. The van der Waals surface area contributed by atoms with Crippen LogP contribution in [0.15, 0.2) is 30.3 Å². The predicted octanol–water partition coefficient (Wildman–Crippen LogP) is 1.87. The van der Waals surface area contributed by atoms with Crippen molar-refractivity contribution in [1.29, 1.82) is 0 Å². The average Bonchev–Trinajstić information content (AvgIpc) is 2.76. The van der Waals surface area contributed by atoms with E-state index in [1.54, 1.807) is 0 Å². The van der Waals surface area contributed by atoms with Crippen molar-refractivity contribution in [3.8, 4) is 0 Å². The minimum atomic E-state index is -3.29. The predicted molar refractivity (Wildman–Crippen MR) is 75.2 cm³/mol. The van der Waals surface area contributed by atoms with Crippen LogP contribution in [0.5, 0.6) is 0 Å². The number of rotatable bonds is 6. The Balaban J connectivity index is 1.71. The molecule has 0 unspecified atom stereocenters. The van der Waals surface area contributed by atoms with Crippen LogP contribution in [-0.4, -0.2) is 39.3 Å². The maximum atomic E-state index is 10.9. The highest BCUT2D eigenvalue weighted by Gasteiger charge is 2.22. The van der Waals surface area contributed by atoms with Gasteiger partial charge in [0.1, 0.15) is 0 Å². The normalized spacial score (nSPS) is 20.8. The van der Waals surface area contributed by atoms with Gasteiger partial charge in [0, 0.05) is 13.1 Å². The van der Waals surface area contributed by atoms with Gasteiger partial charge in [-0.25, -0.2) is 0 Å². The van der Waals surface area contributed by atoms with Crippen molar-refractivity contribution in [1.82, 2.24) is 4.90 Å². The Bertz CT molecular complexity index is 487. The third kappa shape index (κ3) is 5.30. The molecule has 1 saturated heterocycles. The number of benzene rings is 1. The quantitative estimate of drug-likeness (QED) is 0.748. The molecule has 4 nitrogen and oxygen atoms in total. The van der Waals surface area contributed by atoms with Crippen LogP contribution in [0.2, 0.25) is 0 Å². The fourth-order valence-electron chi connectivity index (χ4n) is 2.50. The molecule has 0 bridgehead atoms. The van der Waals surface area contributed by atoms with Gasteiger partial charge < -0.3 is 0 Å². The summed E-state index contributed by atoms with van der Waals surface area (Å²) in [6, 6.07) is 10.4. The summed E-state index contributed by atoms with van der Waals surface area (Å²) >= 11 is 0. The first-order valence-corrected chi connectivity index (χ1v) is 8.45. The molecule has 1 fully saturated rings. The molecule has 1 atom stereocenters. The van der Waals surface area contributed by atoms with Gasteiger partial charge in [-0.05, 0) is 30.9 Å². The SMILES string of the molecule is CS(=O)(=O)OCC[C@H]1CCN(Cc2ccccc2)C1. The summed E-state index contributed by atoms with van der Waals surface area (Å²) in [4.78, 5) is 2.42. The number of likely N-dealkylation sites (tertiary alicyclic amines) is 1. The number of hydrogen-bond acceptors (Lipinski definition) is 4. The first-order valence-electron chi connectivity index (χ1n) is 6.63. The molecule has 0 aromatic heterocycles. The number of hydrogen-bond donors (Lipinski definition) is 0. The molecule has 0 radical (unpaired) electrons. The van der Waals surface area contributed by atoms with E-state index in [4.69, 9.17) is 4.18 Å². The Morgan fingerprint density at radius 3 is 2.74 bits per heavy atom. The molecule has 2 rings (SSSR count). The summed E-state index contributed by atoms with van der Waals surface area (Å²) < 4.78 is 26.6. The molecular weight excluding hydrogens is 262 g/mol. The standard InChI is InChI=1S/C14H21NO3S/c1-19(16,17)18-10-8-14-7-9-15(12-14)11-13-5-3-2-4-6-13/h2-6,14H,7-12H2,1H3/t14-/m1/s1. The zero-order valence-corrected chi connectivity index (χ0v) is 12.1. The third-order valence-corrected chi connectivity index (χ3v) is 4.04. The Hall–Kier alpha value is -0.910. The largest absolute Gasteiger partial charge is 0.299 e. The molecule has 19 heavy (non-hydrogen) atoms. The van der Waals surface area contributed by atoms with Crippen LogP contribution in [-0.2, 0) is 20.8 Å². The molecule has 0 spiro atoms. The summed E-state index contributed by atoms with van der Waals surface area (Å²) in [7, 11) is -3.29. The summed E-state index contributed by atoms with van der Waals surface area (Å²) in [6.45, 7) is 3.40. The van der Waals surface area contributed by atoms with Gasteiger partial charge in [-0.3, -0.25) is 9.08 Å². The first-order chi connectivity index (χ1) is 9.03. The molecule has 0 aliphatic carbocycles. The molecule has 0 amide bonds. The molecule has 5 heteroatoms. The van der Waals surface area contributed by atoms with Crippen molar-refractivity contribution in [3.05, 3.63) is 35.9 Å². The van der Waals surface area contributed by atoms with Crippen LogP contribution in [0.4, 0.5) is 0 Å². The zero-order chi connectivity index (χ0) is 13.7. The van der Waals surface area contributed by atoms with E-state index in [1.807, 2.05) is 6.07 Å². The summed E-state index contributed by atoms with van der Waals surface area (Å²) in [5.41, 5.74) is 1.33. The summed E-state index contributed by atoms with van der Waals surface area (Å²) in [5, 5.41) is 0. The highest BCUT2D eigenvalue weighted by molar-refractivity contribution is 7.85. The topological polar surface area (TPSA) is 46.6 Å². The molecule has 1 aliphatic heterocycles. The lowest BCUT2D eigenvalue weighted by atomic mass is 10.1. The third-order valence-electron chi connectivity index (χ3n) is 3.44. The van der Waals surface area contributed by atoms with Crippen LogP contribution in [0.1, 0.15) is 18.4 Å². The van der Waals surface area contributed by atoms with E-state index in [9.17, 15) is 8.42 Å². The lowest BCUT2D eigenvalue weighted by Crippen LogP contribution is -2.20. The minimum Gasteiger partial charge on any atom is -0.299 e. The number of nitrogens with zero attached hydrogens (tertiary/aromatic N) is 1. The van der Waals surface area contributed by atoms with E-state index in [0.29, 0.717) is 12.5 Å². The van der Waals surface area contributed by atoms with Crippen LogP contribution in [0.3, 0.4) is 0 Å². The maximum Gasteiger partial charge on any atom is 0.264 e. The van der Waals surface area contributed by atoms with Crippen molar-refractivity contribution in [2.45, 2.75) is 19.4 Å². The van der Waals surface area contributed by atoms with Gasteiger partial charge in [-0.15, -0.1) is 0 Å². The second kappa shape index (κ2) is 6.50. The molecule has 1 aliphatic rings. The molecule has 0 saturated carbocycles. The Labute approximate surface area is 115 Å². The second-order valence-corrected chi connectivity index (χ2v) is 6.83. The lowest BCUT2D eigenvalue weighted by Gasteiger charge is -2.16. The molecular formula is C14H21NO3S. The molecule has 1 heterocycles. The Morgan fingerprint density at radius 1 is 1.32 bits per heavy atom. The minimum absolute atomic E-state index is 0.308. The maximum absolute atomic E-state index is 10.9. The smallest absolute Gasteiger partial charge is 0.264 e. The van der Waals surface area contributed by atoms with Crippen LogP contribution < -0.4 is 0 Å². The van der Waals surface area contributed by atoms with Crippen LogP contribution in [0.25, 0.3) is 0 Å². The van der Waals surface area contributed by atoms with Gasteiger partial charge >= 0.3 is 0 Å². The van der Waals surface area contributed by atoms with Gasteiger partial charge in [-0.1, -0.05) is 30.3 Å². The van der Waals surface area contributed by atoms with Gasteiger partial charge in [0.15, 0.2) is 0 Å². The zero-order valence-electron chi connectivity index (χ0n) is 11.3. The second-order valence-electron chi connectivity index (χ2n) is 5.19. The fraction of sp³-hybridized carbons (Fsp3) is 0.571. The van der Waals surface area contributed by atoms with Gasteiger partial charge in [-0.2, -0.15) is 8.42 Å².